The lowest BCUT2D eigenvalue weighted by atomic mass is 10.1. The maximum atomic E-state index is 10.8. The van der Waals surface area contributed by atoms with Crippen LogP contribution in [0.2, 0.25) is 0 Å². The largest absolute Gasteiger partial charge is 0.492 e. The lowest BCUT2D eigenvalue weighted by Gasteiger charge is -2.11. The van der Waals surface area contributed by atoms with Gasteiger partial charge in [-0.15, -0.1) is 0 Å². The van der Waals surface area contributed by atoms with Crippen molar-refractivity contribution in [1.29, 1.82) is 0 Å². The zero-order chi connectivity index (χ0) is 14.4. The molecule has 2 rings (SSSR count). The molecule has 1 aromatic carbocycles. The van der Waals surface area contributed by atoms with Crippen LogP contribution in [-0.4, -0.2) is 42.0 Å². The molecule has 1 fully saturated rings. The van der Waals surface area contributed by atoms with Crippen molar-refractivity contribution in [2.45, 2.75) is 25.4 Å². The summed E-state index contributed by atoms with van der Waals surface area (Å²) < 4.78 is 5.51. The summed E-state index contributed by atoms with van der Waals surface area (Å²) in [6.45, 7) is 2.11. The number of carboxylic acids is 1. The van der Waals surface area contributed by atoms with Crippen molar-refractivity contribution in [3.8, 4) is 5.75 Å². The minimum absolute atomic E-state index is 0.128. The van der Waals surface area contributed by atoms with Crippen LogP contribution in [0.4, 0.5) is 0 Å². The van der Waals surface area contributed by atoms with E-state index in [1.807, 2.05) is 0 Å². The molecule has 1 aliphatic rings. The Balaban J connectivity index is 1.63. The number of ether oxygens (including phenoxy) is 1. The van der Waals surface area contributed by atoms with Gasteiger partial charge in [-0.1, -0.05) is 6.07 Å². The average Bonchev–Trinajstić information content (AvgIpc) is 2.84. The van der Waals surface area contributed by atoms with E-state index in [4.69, 9.17) is 9.84 Å². The summed E-state index contributed by atoms with van der Waals surface area (Å²) in [5.74, 6) is 0.177. The number of aliphatic hydroxyl groups excluding tert-OH is 1. The molecule has 20 heavy (non-hydrogen) atoms. The van der Waals surface area contributed by atoms with Gasteiger partial charge >= 0.3 is 5.97 Å². The smallest absolute Gasteiger partial charge is 0.335 e. The summed E-state index contributed by atoms with van der Waals surface area (Å²) in [6.07, 6.45) is 2.74. The molecule has 1 aliphatic carbocycles. The van der Waals surface area contributed by atoms with E-state index < -0.39 is 5.97 Å². The van der Waals surface area contributed by atoms with E-state index in [1.54, 1.807) is 18.2 Å². The highest BCUT2D eigenvalue weighted by atomic mass is 16.5. The highest BCUT2D eigenvalue weighted by Gasteiger charge is 2.21. The Morgan fingerprint density at radius 2 is 2.25 bits per heavy atom. The molecule has 5 heteroatoms. The number of rotatable bonds is 7. The molecular weight excluding hydrogens is 258 g/mol. The number of benzene rings is 1. The first-order valence-corrected chi connectivity index (χ1v) is 7.00. The fraction of sp³-hybridized carbons (Fsp3) is 0.533. The second-order valence-electron chi connectivity index (χ2n) is 5.22. The Kier molecular flexibility index (Phi) is 5.38. The number of aromatic carboxylic acids is 1. The highest BCUT2D eigenvalue weighted by Crippen LogP contribution is 2.24. The number of hydrogen-bond donors (Lipinski definition) is 3. The zero-order valence-electron chi connectivity index (χ0n) is 11.4. The molecule has 0 saturated heterocycles. The fourth-order valence-corrected chi connectivity index (χ4v) is 2.50. The first-order chi connectivity index (χ1) is 9.65. The molecule has 0 radical (unpaired) electrons. The lowest BCUT2D eigenvalue weighted by molar-refractivity contribution is 0.0696. The third kappa shape index (κ3) is 4.51. The molecule has 2 atom stereocenters. The number of carboxylic acid groups (broad SMARTS) is 1. The molecule has 2 unspecified atom stereocenters. The Labute approximate surface area is 118 Å². The van der Waals surface area contributed by atoms with Gasteiger partial charge in [-0.05, 0) is 49.9 Å². The van der Waals surface area contributed by atoms with Gasteiger partial charge in [-0.25, -0.2) is 4.79 Å². The van der Waals surface area contributed by atoms with Gasteiger partial charge in [0.2, 0.25) is 0 Å². The molecular formula is C15H21NO4. The maximum absolute atomic E-state index is 10.8. The summed E-state index contributed by atoms with van der Waals surface area (Å²) in [5, 5.41) is 21.6. The average molecular weight is 279 g/mol. The summed E-state index contributed by atoms with van der Waals surface area (Å²) in [7, 11) is 0. The van der Waals surface area contributed by atoms with Crippen molar-refractivity contribution < 1.29 is 19.7 Å². The van der Waals surface area contributed by atoms with Crippen LogP contribution in [0.5, 0.6) is 5.75 Å². The van der Waals surface area contributed by atoms with Crippen molar-refractivity contribution >= 4 is 5.97 Å². The number of hydrogen-bond acceptors (Lipinski definition) is 4. The second kappa shape index (κ2) is 7.26. The van der Waals surface area contributed by atoms with Crippen LogP contribution in [0.15, 0.2) is 24.3 Å². The van der Waals surface area contributed by atoms with Gasteiger partial charge in [-0.2, -0.15) is 0 Å². The van der Waals surface area contributed by atoms with Crippen LogP contribution < -0.4 is 10.1 Å². The minimum Gasteiger partial charge on any atom is -0.492 e. The monoisotopic (exact) mass is 279 g/mol. The SMILES string of the molecule is O=C(O)c1cccc(OCCNCC2CCC(O)C2)c1. The van der Waals surface area contributed by atoms with E-state index in [0.29, 0.717) is 24.8 Å². The van der Waals surface area contributed by atoms with Crippen molar-refractivity contribution in [2.75, 3.05) is 19.7 Å². The normalized spacial score (nSPS) is 21.9. The molecule has 0 amide bonds. The molecule has 0 heterocycles. The molecule has 1 saturated carbocycles. The first kappa shape index (κ1) is 14.8. The molecule has 5 nitrogen and oxygen atoms in total. The lowest BCUT2D eigenvalue weighted by Crippen LogP contribution is -2.26. The van der Waals surface area contributed by atoms with Gasteiger partial charge in [0.1, 0.15) is 12.4 Å². The van der Waals surface area contributed by atoms with E-state index in [2.05, 4.69) is 5.32 Å². The van der Waals surface area contributed by atoms with E-state index >= 15 is 0 Å². The number of aliphatic hydroxyl groups is 1. The van der Waals surface area contributed by atoms with Crippen LogP contribution in [0, 0.1) is 5.92 Å². The minimum atomic E-state index is -0.951. The Morgan fingerprint density at radius 3 is 2.95 bits per heavy atom. The molecule has 0 bridgehead atoms. The Morgan fingerprint density at radius 1 is 1.40 bits per heavy atom. The van der Waals surface area contributed by atoms with Crippen LogP contribution in [0.3, 0.4) is 0 Å². The molecule has 110 valence electrons. The summed E-state index contributed by atoms with van der Waals surface area (Å²) in [4.78, 5) is 10.8. The quantitative estimate of drug-likeness (QED) is 0.659. The van der Waals surface area contributed by atoms with Crippen molar-refractivity contribution in [1.82, 2.24) is 5.32 Å². The van der Waals surface area contributed by atoms with Crippen LogP contribution in [-0.2, 0) is 0 Å². The zero-order valence-corrected chi connectivity index (χ0v) is 11.4. The molecule has 0 aliphatic heterocycles. The van der Waals surface area contributed by atoms with Gasteiger partial charge in [-0.3, -0.25) is 0 Å². The van der Waals surface area contributed by atoms with E-state index in [0.717, 1.165) is 25.8 Å². The molecule has 1 aromatic rings. The number of nitrogens with one attached hydrogen (secondary N) is 1. The Hall–Kier alpha value is -1.59. The van der Waals surface area contributed by atoms with Crippen molar-refractivity contribution in [3.05, 3.63) is 29.8 Å². The summed E-state index contributed by atoms with van der Waals surface area (Å²) in [5.41, 5.74) is 0.232. The van der Waals surface area contributed by atoms with Crippen LogP contribution >= 0.6 is 0 Å². The van der Waals surface area contributed by atoms with E-state index in [1.165, 1.54) is 6.07 Å². The first-order valence-electron chi connectivity index (χ1n) is 7.00. The number of carbonyl (C=O) groups is 1. The van der Waals surface area contributed by atoms with Crippen LogP contribution in [0.1, 0.15) is 29.6 Å². The Bertz CT molecular complexity index is 449. The molecule has 3 N–H and O–H groups in total. The van der Waals surface area contributed by atoms with Crippen molar-refractivity contribution in [3.63, 3.8) is 0 Å². The fourth-order valence-electron chi connectivity index (χ4n) is 2.50. The predicted octanol–water partition coefficient (Wildman–Crippen LogP) is 1.51. The van der Waals surface area contributed by atoms with Crippen molar-refractivity contribution in [2.24, 2.45) is 5.92 Å². The van der Waals surface area contributed by atoms with Gasteiger partial charge in [0, 0.05) is 6.54 Å². The molecule has 0 aromatic heterocycles. The van der Waals surface area contributed by atoms with Gasteiger partial charge in [0.15, 0.2) is 0 Å². The third-order valence-electron chi connectivity index (χ3n) is 3.58. The summed E-state index contributed by atoms with van der Waals surface area (Å²) in [6, 6.07) is 6.49. The van der Waals surface area contributed by atoms with E-state index in [-0.39, 0.29) is 11.7 Å². The predicted molar refractivity (Wildman–Crippen MR) is 75.1 cm³/mol. The van der Waals surface area contributed by atoms with Gasteiger partial charge in [0.05, 0.1) is 11.7 Å². The second-order valence-corrected chi connectivity index (χ2v) is 5.22. The maximum Gasteiger partial charge on any atom is 0.335 e. The summed E-state index contributed by atoms with van der Waals surface area (Å²) >= 11 is 0. The standard InChI is InChI=1S/C15H21NO4/c17-13-5-4-11(8-13)10-16-6-7-20-14-3-1-2-12(9-14)15(18)19/h1-3,9,11,13,16-17H,4-8,10H2,(H,18,19). The molecule has 0 spiro atoms. The third-order valence-corrected chi connectivity index (χ3v) is 3.58. The van der Waals surface area contributed by atoms with Gasteiger partial charge < -0.3 is 20.3 Å². The highest BCUT2D eigenvalue weighted by molar-refractivity contribution is 5.87. The topological polar surface area (TPSA) is 78.8 Å². The van der Waals surface area contributed by atoms with Gasteiger partial charge in [0.25, 0.3) is 0 Å². The van der Waals surface area contributed by atoms with E-state index in [9.17, 15) is 9.90 Å². The van der Waals surface area contributed by atoms with Crippen LogP contribution in [0.25, 0.3) is 0 Å².